The molecule has 0 heterocycles. The molecule has 0 aliphatic carbocycles. The van der Waals surface area contributed by atoms with Crippen LogP contribution in [0, 0.1) is 0 Å². The maximum atomic E-state index is 5.21. The molecule has 0 aromatic heterocycles. The highest BCUT2D eigenvalue weighted by Gasteiger charge is 1.75. The lowest BCUT2D eigenvalue weighted by Gasteiger charge is -1.86. The molecule has 0 saturated carbocycles. The first-order valence-electron chi connectivity index (χ1n) is 5.85. The predicted octanol–water partition coefficient (Wildman–Crippen LogP) is 1.85. The Morgan fingerprint density at radius 2 is 1.00 bits per heavy atom. The molecule has 3 nitrogen and oxygen atoms in total. The largest absolute Gasteiger partial charge is 0.331 e. The fourth-order valence-electron chi connectivity index (χ4n) is 0.598. The molecule has 0 aromatic carbocycles. The molecule has 0 amide bonds. The van der Waals surface area contributed by atoms with Crippen LogP contribution in [-0.2, 0) is 0 Å². The second-order valence-electron chi connectivity index (χ2n) is 3.05. The summed E-state index contributed by atoms with van der Waals surface area (Å²) in [5.41, 5.74) is 15.2. The van der Waals surface area contributed by atoms with Gasteiger partial charge in [0.2, 0.25) is 0 Å². The average Bonchev–Trinajstić information content (AvgIpc) is 2.18. The summed E-state index contributed by atoms with van der Waals surface area (Å²) in [4.78, 5) is 0. The SMILES string of the molecule is CCCCCN.CCCCN.CCN. The normalized spacial score (nSPS) is 8.14. The Morgan fingerprint density at radius 3 is 1.07 bits per heavy atom. The molecule has 0 aromatic rings. The highest BCUT2D eigenvalue weighted by Crippen LogP contribution is 1.88. The second-order valence-corrected chi connectivity index (χ2v) is 3.05. The Labute approximate surface area is 90.4 Å². The van der Waals surface area contributed by atoms with E-state index in [9.17, 15) is 0 Å². The lowest BCUT2D eigenvalue weighted by atomic mass is 10.3. The van der Waals surface area contributed by atoms with E-state index in [0.717, 1.165) is 19.6 Å². The van der Waals surface area contributed by atoms with E-state index in [1.807, 2.05) is 6.92 Å². The molecule has 0 aliphatic heterocycles. The summed E-state index contributed by atoms with van der Waals surface area (Å²) >= 11 is 0. The summed E-state index contributed by atoms with van der Waals surface area (Å²) in [6.07, 6.45) is 6.14. The van der Waals surface area contributed by atoms with Crippen LogP contribution in [-0.4, -0.2) is 19.6 Å². The summed E-state index contributed by atoms with van der Waals surface area (Å²) < 4.78 is 0. The van der Waals surface area contributed by atoms with E-state index in [0.29, 0.717) is 0 Å². The van der Waals surface area contributed by atoms with E-state index in [1.165, 1.54) is 32.1 Å². The van der Waals surface area contributed by atoms with E-state index in [4.69, 9.17) is 17.2 Å². The minimum absolute atomic E-state index is 0.750. The molecule has 6 N–H and O–H groups in total. The molecule has 0 saturated heterocycles. The molecule has 0 aliphatic rings. The van der Waals surface area contributed by atoms with Crippen molar-refractivity contribution in [2.75, 3.05) is 19.6 Å². The first-order chi connectivity index (χ1) is 6.74. The first kappa shape index (κ1) is 19.5. The Morgan fingerprint density at radius 1 is 0.643 bits per heavy atom. The zero-order chi connectivity index (χ0) is 11.7. The molecular formula is C11H31N3. The quantitative estimate of drug-likeness (QED) is 0.599. The molecule has 90 valence electrons. The summed E-state index contributed by atoms with van der Waals surface area (Å²) in [5.74, 6) is 0. The number of hydrogen-bond acceptors (Lipinski definition) is 3. The number of nitrogens with two attached hydrogens (primary N) is 3. The topological polar surface area (TPSA) is 78.1 Å². The van der Waals surface area contributed by atoms with Crippen LogP contribution >= 0.6 is 0 Å². The molecule has 0 atom stereocenters. The predicted molar refractivity (Wildman–Crippen MR) is 67.3 cm³/mol. The van der Waals surface area contributed by atoms with Gasteiger partial charge >= 0.3 is 0 Å². The second kappa shape index (κ2) is 29.3. The molecule has 0 spiro atoms. The van der Waals surface area contributed by atoms with Crippen molar-refractivity contribution in [1.29, 1.82) is 0 Å². The van der Waals surface area contributed by atoms with Gasteiger partial charge in [0, 0.05) is 0 Å². The van der Waals surface area contributed by atoms with Gasteiger partial charge in [0.05, 0.1) is 0 Å². The third-order valence-corrected chi connectivity index (χ3v) is 1.37. The summed E-state index contributed by atoms with van der Waals surface area (Å²) in [6, 6.07) is 0. The van der Waals surface area contributed by atoms with Crippen molar-refractivity contribution >= 4 is 0 Å². The van der Waals surface area contributed by atoms with Crippen molar-refractivity contribution in [2.24, 2.45) is 17.2 Å². The van der Waals surface area contributed by atoms with Gasteiger partial charge in [0.15, 0.2) is 0 Å². The molecule has 0 unspecified atom stereocenters. The van der Waals surface area contributed by atoms with Crippen molar-refractivity contribution in [3.05, 3.63) is 0 Å². The molecule has 3 heteroatoms. The van der Waals surface area contributed by atoms with Gasteiger partial charge in [-0.25, -0.2) is 0 Å². The van der Waals surface area contributed by atoms with Crippen LogP contribution in [0.25, 0.3) is 0 Å². The van der Waals surface area contributed by atoms with Gasteiger partial charge in [0.1, 0.15) is 0 Å². The van der Waals surface area contributed by atoms with Crippen molar-refractivity contribution in [3.63, 3.8) is 0 Å². The summed E-state index contributed by atoms with van der Waals surface area (Å²) in [7, 11) is 0. The maximum Gasteiger partial charge on any atom is -0.00773 e. The van der Waals surface area contributed by atoms with Crippen LogP contribution in [0.4, 0.5) is 0 Å². The van der Waals surface area contributed by atoms with Gasteiger partial charge in [-0.2, -0.15) is 0 Å². The van der Waals surface area contributed by atoms with E-state index >= 15 is 0 Å². The summed E-state index contributed by atoms with van der Waals surface area (Å²) in [6.45, 7) is 8.66. The van der Waals surface area contributed by atoms with Gasteiger partial charge in [-0.3, -0.25) is 0 Å². The van der Waals surface area contributed by atoms with Crippen LogP contribution in [0.15, 0.2) is 0 Å². The van der Waals surface area contributed by atoms with Gasteiger partial charge in [-0.05, 0) is 32.5 Å². The smallest absolute Gasteiger partial charge is 0.00773 e. The Kier molecular flexibility index (Phi) is 40.7. The average molecular weight is 205 g/mol. The zero-order valence-corrected chi connectivity index (χ0v) is 10.4. The Hall–Kier alpha value is -0.120. The number of rotatable bonds is 5. The Bertz CT molecular complexity index is 52.5. The number of unbranched alkanes of at least 4 members (excludes halogenated alkanes) is 3. The molecule has 14 heavy (non-hydrogen) atoms. The minimum Gasteiger partial charge on any atom is -0.331 e. The van der Waals surface area contributed by atoms with Crippen molar-refractivity contribution < 1.29 is 0 Å². The first-order valence-corrected chi connectivity index (χ1v) is 5.85. The lowest BCUT2D eigenvalue weighted by molar-refractivity contribution is 0.727. The maximum absolute atomic E-state index is 5.21. The van der Waals surface area contributed by atoms with Crippen molar-refractivity contribution in [3.8, 4) is 0 Å². The van der Waals surface area contributed by atoms with E-state index in [2.05, 4.69) is 13.8 Å². The minimum atomic E-state index is 0.750. The molecule has 0 fully saturated rings. The van der Waals surface area contributed by atoms with Crippen LogP contribution < -0.4 is 17.2 Å². The molecule has 0 rings (SSSR count). The highest BCUT2D eigenvalue weighted by atomic mass is 14.5. The van der Waals surface area contributed by atoms with E-state index in [-0.39, 0.29) is 0 Å². The molecule has 0 radical (unpaired) electrons. The summed E-state index contributed by atoms with van der Waals surface area (Å²) in [5, 5.41) is 0. The van der Waals surface area contributed by atoms with Gasteiger partial charge < -0.3 is 17.2 Å². The Balaban J connectivity index is -0.000000138. The fraction of sp³-hybridized carbons (Fsp3) is 1.00. The fourth-order valence-corrected chi connectivity index (χ4v) is 0.598. The molecular weight excluding hydrogens is 174 g/mol. The zero-order valence-electron chi connectivity index (χ0n) is 10.4. The van der Waals surface area contributed by atoms with Crippen LogP contribution in [0.3, 0.4) is 0 Å². The molecule has 0 bridgehead atoms. The lowest BCUT2D eigenvalue weighted by Crippen LogP contribution is -1.96. The standard InChI is InChI=1S/C5H13N.C4H11N.C2H7N/c1-2-3-4-5-6;1-2-3-4-5;1-2-3/h2-6H2,1H3;2-5H2,1H3;2-3H2,1H3. The van der Waals surface area contributed by atoms with Crippen LogP contribution in [0.2, 0.25) is 0 Å². The van der Waals surface area contributed by atoms with Gasteiger partial charge in [0.25, 0.3) is 0 Å². The van der Waals surface area contributed by atoms with Crippen LogP contribution in [0.5, 0.6) is 0 Å². The van der Waals surface area contributed by atoms with Crippen molar-refractivity contribution in [1.82, 2.24) is 0 Å². The monoisotopic (exact) mass is 205 g/mol. The van der Waals surface area contributed by atoms with Gasteiger partial charge in [-0.1, -0.05) is 40.0 Å². The number of hydrogen-bond donors (Lipinski definition) is 3. The highest BCUT2D eigenvalue weighted by molar-refractivity contribution is 4.35. The third kappa shape index (κ3) is 59.1. The van der Waals surface area contributed by atoms with E-state index in [1.54, 1.807) is 0 Å². The van der Waals surface area contributed by atoms with Gasteiger partial charge in [-0.15, -0.1) is 0 Å². The van der Waals surface area contributed by atoms with E-state index < -0.39 is 0 Å². The third-order valence-electron chi connectivity index (χ3n) is 1.37. The van der Waals surface area contributed by atoms with Crippen LogP contribution in [0.1, 0.15) is 52.9 Å². The van der Waals surface area contributed by atoms with Crippen molar-refractivity contribution in [2.45, 2.75) is 52.9 Å².